The third-order valence-corrected chi connectivity index (χ3v) is 6.93. The van der Waals surface area contributed by atoms with Gasteiger partial charge >= 0.3 is 5.97 Å². The standard InChI is InChI=1S/C27H27N5O4/c1-15-3-4-16(2)32(15)23-22(24(33)25(23)34)31-21(27(35)36)13-17-5-7-19(8-6-17)30-26-20-10-11-28-14-18(20)9-12-29-26/h5-12,14-16,21,31H,3-4,13H2,1-2H3,(H,29,30)(H,35,36). The van der Waals surface area contributed by atoms with Gasteiger partial charge in [-0.25, -0.2) is 9.78 Å². The first-order valence-electron chi connectivity index (χ1n) is 12.0. The van der Waals surface area contributed by atoms with Crippen LogP contribution in [0.2, 0.25) is 0 Å². The maximum absolute atomic E-state index is 12.4. The molecule has 1 aliphatic rings. The second kappa shape index (κ2) is 9.41. The van der Waals surface area contributed by atoms with Crippen molar-refractivity contribution in [3.63, 3.8) is 0 Å². The first kappa shape index (κ1) is 23.5. The molecule has 1 fully saturated rings. The number of aromatic nitrogens is 2. The minimum Gasteiger partial charge on any atom is -0.480 e. The van der Waals surface area contributed by atoms with Gasteiger partial charge in [0.25, 0.3) is 10.9 Å². The normalized spacial score (nSPS) is 18.4. The van der Waals surface area contributed by atoms with Crippen LogP contribution < -0.4 is 26.4 Å². The summed E-state index contributed by atoms with van der Waals surface area (Å²) in [6, 6.07) is 10.4. The fourth-order valence-electron chi connectivity index (χ4n) is 4.98. The molecule has 36 heavy (non-hydrogen) atoms. The molecule has 0 spiro atoms. The molecule has 0 saturated carbocycles. The molecule has 184 valence electrons. The summed E-state index contributed by atoms with van der Waals surface area (Å²) in [6.07, 6.45) is 7.20. The fraction of sp³-hybridized carbons (Fsp3) is 0.296. The van der Waals surface area contributed by atoms with E-state index in [1.165, 1.54) is 0 Å². The van der Waals surface area contributed by atoms with Crippen molar-refractivity contribution < 1.29 is 9.90 Å². The summed E-state index contributed by atoms with van der Waals surface area (Å²) in [5, 5.41) is 17.9. The molecule has 9 heteroatoms. The van der Waals surface area contributed by atoms with Crippen molar-refractivity contribution in [3.8, 4) is 0 Å². The van der Waals surface area contributed by atoms with Gasteiger partial charge in [-0.15, -0.1) is 0 Å². The molecular formula is C27H27N5O4. The zero-order chi connectivity index (χ0) is 25.4. The van der Waals surface area contributed by atoms with E-state index in [0.717, 1.165) is 34.9 Å². The smallest absolute Gasteiger partial charge is 0.326 e. The molecule has 4 aromatic rings. The van der Waals surface area contributed by atoms with Crippen molar-refractivity contribution >= 4 is 39.6 Å². The van der Waals surface area contributed by atoms with Gasteiger partial charge < -0.3 is 20.6 Å². The third kappa shape index (κ3) is 4.28. The number of carboxylic acid groups (broad SMARTS) is 1. The van der Waals surface area contributed by atoms with Crippen LogP contribution in [-0.4, -0.2) is 39.2 Å². The molecule has 3 N–H and O–H groups in total. The van der Waals surface area contributed by atoms with Crippen molar-refractivity contribution in [2.24, 2.45) is 0 Å². The number of nitrogens with one attached hydrogen (secondary N) is 2. The van der Waals surface area contributed by atoms with E-state index in [2.05, 4.69) is 20.6 Å². The van der Waals surface area contributed by atoms with E-state index in [4.69, 9.17) is 0 Å². The summed E-state index contributed by atoms with van der Waals surface area (Å²) in [6.45, 7) is 4.03. The maximum Gasteiger partial charge on any atom is 0.326 e. The number of hydrogen-bond donors (Lipinski definition) is 3. The summed E-state index contributed by atoms with van der Waals surface area (Å²) in [5.74, 6) is -0.391. The summed E-state index contributed by atoms with van der Waals surface area (Å²) < 4.78 is 0. The van der Waals surface area contributed by atoms with Crippen LogP contribution in [0.5, 0.6) is 0 Å². The molecule has 5 rings (SSSR count). The highest BCUT2D eigenvalue weighted by Gasteiger charge is 2.36. The number of carboxylic acids is 1. The van der Waals surface area contributed by atoms with Crippen molar-refractivity contribution in [2.75, 3.05) is 15.5 Å². The molecule has 3 atom stereocenters. The van der Waals surface area contributed by atoms with E-state index < -0.39 is 22.9 Å². The highest BCUT2D eigenvalue weighted by Crippen LogP contribution is 2.33. The van der Waals surface area contributed by atoms with Gasteiger partial charge in [-0.3, -0.25) is 14.6 Å². The largest absolute Gasteiger partial charge is 0.480 e. The number of carbonyl (C=O) groups is 1. The Morgan fingerprint density at radius 3 is 2.47 bits per heavy atom. The quantitative estimate of drug-likeness (QED) is 0.322. The predicted molar refractivity (Wildman–Crippen MR) is 140 cm³/mol. The second-order valence-electron chi connectivity index (χ2n) is 9.38. The second-order valence-corrected chi connectivity index (χ2v) is 9.38. The molecule has 0 amide bonds. The Morgan fingerprint density at radius 1 is 1.06 bits per heavy atom. The molecule has 2 aromatic heterocycles. The van der Waals surface area contributed by atoms with Crippen molar-refractivity contribution in [1.82, 2.24) is 9.97 Å². The molecule has 2 aromatic carbocycles. The van der Waals surface area contributed by atoms with Gasteiger partial charge in [0.15, 0.2) is 0 Å². The average Bonchev–Trinajstić information content (AvgIpc) is 3.21. The maximum atomic E-state index is 12.4. The van der Waals surface area contributed by atoms with Crippen molar-refractivity contribution in [1.29, 1.82) is 0 Å². The van der Waals surface area contributed by atoms with Crippen LogP contribution in [0, 0.1) is 0 Å². The summed E-state index contributed by atoms with van der Waals surface area (Å²) in [4.78, 5) is 47.3. The van der Waals surface area contributed by atoms with E-state index in [-0.39, 0.29) is 24.2 Å². The van der Waals surface area contributed by atoms with E-state index in [9.17, 15) is 19.5 Å². The first-order chi connectivity index (χ1) is 17.3. The zero-order valence-corrected chi connectivity index (χ0v) is 20.1. The number of fused-ring (bicyclic) bond motifs is 1. The van der Waals surface area contributed by atoms with Crippen LogP contribution >= 0.6 is 0 Å². The molecule has 3 heterocycles. The summed E-state index contributed by atoms with van der Waals surface area (Å²) >= 11 is 0. The third-order valence-electron chi connectivity index (χ3n) is 6.93. The van der Waals surface area contributed by atoms with Crippen LogP contribution in [0.15, 0.2) is 64.6 Å². The fourth-order valence-corrected chi connectivity index (χ4v) is 4.98. The van der Waals surface area contributed by atoms with Gasteiger partial charge in [0.05, 0.1) is 0 Å². The van der Waals surface area contributed by atoms with E-state index in [1.807, 2.05) is 55.1 Å². The van der Waals surface area contributed by atoms with Crippen LogP contribution in [0.25, 0.3) is 10.8 Å². The van der Waals surface area contributed by atoms with Gasteiger partial charge in [-0.05, 0) is 56.5 Å². The number of benzene rings is 1. The minimum atomic E-state index is -1.09. The van der Waals surface area contributed by atoms with Gasteiger partial charge in [-0.2, -0.15) is 0 Å². The molecular weight excluding hydrogens is 458 g/mol. The predicted octanol–water partition coefficient (Wildman–Crippen LogP) is 3.45. The lowest BCUT2D eigenvalue weighted by atomic mass is 10.0. The number of aliphatic carboxylic acids is 1. The molecule has 3 unspecified atom stereocenters. The number of rotatable bonds is 8. The lowest BCUT2D eigenvalue weighted by Gasteiger charge is -2.32. The van der Waals surface area contributed by atoms with Crippen LogP contribution in [0.4, 0.5) is 22.9 Å². The monoisotopic (exact) mass is 485 g/mol. The Balaban J connectivity index is 1.32. The Bertz CT molecular complexity index is 1480. The van der Waals surface area contributed by atoms with E-state index >= 15 is 0 Å². The van der Waals surface area contributed by atoms with Crippen LogP contribution in [-0.2, 0) is 11.2 Å². The Morgan fingerprint density at radius 2 is 1.78 bits per heavy atom. The molecule has 0 aliphatic carbocycles. The molecule has 0 bridgehead atoms. The number of nitrogens with zero attached hydrogens (tertiary/aromatic N) is 3. The van der Waals surface area contributed by atoms with Crippen LogP contribution in [0.3, 0.4) is 0 Å². The van der Waals surface area contributed by atoms with Gasteiger partial charge in [0.2, 0.25) is 0 Å². The number of anilines is 4. The summed E-state index contributed by atoms with van der Waals surface area (Å²) in [5.41, 5.74) is 0.815. The molecule has 0 radical (unpaired) electrons. The topological polar surface area (TPSA) is 125 Å². The van der Waals surface area contributed by atoms with Gasteiger partial charge in [0.1, 0.15) is 23.2 Å². The van der Waals surface area contributed by atoms with Gasteiger partial charge in [-0.1, -0.05) is 12.1 Å². The van der Waals surface area contributed by atoms with E-state index in [1.54, 1.807) is 18.6 Å². The summed E-state index contributed by atoms with van der Waals surface area (Å²) in [7, 11) is 0. The average molecular weight is 486 g/mol. The zero-order valence-electron chi connectivity index (χ0n) is 20.1. The Labute approximate surface area is 207 Å². The van der Waals surface area contributed by atoms with Gasteiger partial charge in [0, 0.05) is 53.6 Å². The highest BCUT2D eigenvalue weighted by atomic mass is 16.4. The molecule has 1 aliphatic heterocycles. The molecule has 1 saturated heterocycles. The van der Waals surface area contributed by atoms with Crippen LogP contribution in [0.1, 0.15) is 32.3 Å². The van der Waals surface area contributed by atoms with Crippen molar-refractivity contribution in [2.45, 2.75) is 51.2 Å². The number of hydrogen-bond acceptors (Lipinski definition) is 8. The lowest BCUT2D eigenvalue weighted by molar-refractivity contribution is -0.137. The lowest BCUT2D eigenvalue weighted by Crippen LogP contribution is -2.48. The Kier molecular flexibility index (Phi) is 6.13. The highest BCUT2D eigenvalue weighted by molar-refractivity contribution is 5.92. The first-order valence-corrected chi connectivity index (χ1v) is 12.0. The van der Waals surface area contributed by atoms with E-state index in [0.29, 0.717) is 11.5 Å². The number of pyridine rings is 2. The van der Waals surface area contributed by atoms with Crippen molar-refractivity contribution in [3.05, 3.63) is 81.0 Å². The minimum absolute atomic E-state index is 0.114. The SMILES string of the molecule is CC1CCC(C)N1c1c(NC(Cc2ccc(Nc3nccc4cnccc34)cc2)C(=O)O)c(=O)c1=O. The Hall–Kier alpha value is -4.27. The molecule has 9 nitrogen and oxygen atoms in total.